The van der Waals surface area contributed by atoms with Crippen LogP contribution in [0.5, 0.6) is 5.75 Å². The average Bonchev–Trinajstić information content (AvgIpc) is 2.63. The minimum atomic E-state index is -0.482. The Kier molecular flexibility index (Phi) is 4.27. The molecule has 0 aliphatic carbocycles. The third-order valence-electron chi connectivity index (χ3n) is 2.80. The fraction of sp³-hybridized carbons (Fsp3) is 0.538. The van der Waals surface area contributed by atoms with Crippen molar-refractivity contribution < 1.29 is 14.6 Å². The van der Waals surface area contributed by atoms with E-state index < -0.39 is 5.79 Å². The minimum absolute atomic E-state index is 0.0642. The molecule has 5 heteroatoms. The number of ether oxygens (including phenoxy) is 2. The number of halogens is 1. The van der Waals surface area contributed by atoms with Gasteiger partial charge in [-0.1, -0.05) is 15.9 Å². The second-order valence-corrected chi connectivity index (χ2v) is 5.77. The molecule has 1 unspecified atom stereocenters. The first-order valence-corrected chi connectivity index (χ1v) is 6.75. The zero-order valence-electron chi connectivity index (χ0n) is 10.6. The highest BCUT2D eigenvalue weighted by molar-refractivity contribution is 9.10. The van der Waals surface area contributed by atoms with Gasteiger partial charge >= 0.3 is 0 Å². The fourth-order valence-corrected chi connectivity index (χ4v) is 2.34. The maximum atomic E-state index is 9.69. The van der Waals surface area contributed by atoms with Gasteiger partial charge in [0.05, 0.1) is 12.7 Å². The van der Waals surface area contributed by atoms with Crippen molar-refractivity contribution in [2.24, 2.45) is 0 Å². The largest absolute Gasteiger partial charge is 0.508 e. The molecule has 1 fully saturated rings. The summed E-state index contributed by atoms with van der Waals surface area (Å²) in [5.74, 6) is -0.181. The molecule has 1 aliphatic rings. The van der Waals surface area contributed by atoms with Crippen molar-refractivity contribution in [3.8, 4) is 5.75 Å². The molecule has 1 aromatic carbocycles. The van der Waals surface area contributed by atoms with Gasteiger partial charge in [-0.15, -0.1) is 0 Å². The Bertz CT molecular complexity index is 423. The lowest BCUT2D eigenvalue weighted by Crippen LogP contribution is -2.30. The summed E-state index contributed by atoms with van der Waals surface area (Å²) >= 11 is 3.39. The van der Waals surface area contributed by atoms with Crippen molar-refractivity contribution in [1.82, 2.24) is 5.32 Å². The smallest absolute Gasteiger partial charge is 0.163 e. The number of aromatic hydroxyl groups is 1. The molecule has 2 rings (SSSR count). The lowest BCUT2D eigenvalue weighted by molar-refractivity contribution is -0.137. The Balaban J connectivity index is 1.80. The predicted octanol–water partition coefficient (Wildman–Crippen LogP) is 2.40. The number of benzene rings is 1. The van der Waals surface area contributed by atoms with E-state index in [0.29, 0.717) is 25.4 Å². The summed E-state index contributed by atoms with van der Waals surface area (Å²) in [5.41, 5.74) is 0.863. The van der Waals surface area contributed by atoms with Crippen LogP contribution in [0.1, 0.15) is 19.4 Å². The van der Waals surface area contributed by atoms with E-state index in [2.05, 4.69) is 21.2 Å². The summed E-state index contributed by atoms with van der Waals surface area (Å²) in [6.07, 6.45) is 0.0642. The molecule has 1 atom stereocenters. The third kappa shape index (κ3) is 3.68. The van der Waals surface area contributed by atoms with E-state index in [4.69, 9.17) is 9.47 Å². The summed E-state index contributed by atoms with van der Waals surface area (Å²) in [6.45, 7) is 5.73. The molecule has 1 aliphatic heterocycles. The van der Waals surface area contributed by atoms with E-state index in [1.807, 2.05) is 26.0 Å². The molecule has 0 spiro atoms. The molecular formula is C13H18BrNO3. The number of phenolic OH excluding ortho intramolecular Hbond substituents is 1. The quantitative estimate of drug-likeness (QED) is 0.896. The fourth-order valence-electron chi connectivity index (χ4n) is 1.93. The van der Waals surface area contributed by atoms with Crippen LogP contribution in [0.25, 0.3) is 0 Å². The van der Waals surface area contributed by atoms with Gasteiger partial charge in [-0.05, 0) is 32.0 Å². The Morgan fingerprint density at radius 3 is 2.94 bits per heavy atom. The number of phenols is 1. The molecule has 0 saturated carbocycles. The van der Waals surface area contributed by atoms with Gasteiger partial charge in [-0.25, -0.2) is 0 Å². The normalized spacial score (nSPS) is 22.3. The third-order valence-corrected chi connectivity index (χ3v) is 3.29. The average molecular weight is 316 g/mol. The highest BCUT2D eigenvalue weighted by atomic mass is 79.9. The number of nitrogens with one attached hydrogen (secondary N) is 1. The van der Waals surface area contributed by atoms with Gasteiger partial charge in [0.25, 0.3) is 0 Å². The van der Waals surface area contributed by atoms with Gasteiger partial charge < -0.3 is 19.9 Å². The zero-order valence-corrected chi connectivity index (χ0v) is 12.2. The molecule has 1 saturated heterocycles. The van der Waals surface area contributed by atoms with Crippen molar-refractivity contribution in [3.63, 3.8) is 0 Å². The second-order valence-electron chi connectivity index (χ2n) is 4.85. The first kappa shape index (κ1) is 13.8. The molecule has 4 nitrogen and oxygen atoms in total. The van der Waals surface area contributed by atoms with Crippen molar-refractivity contribution in [3.05, 3.63) is 28.2 Å². The van der Waals surface area contributed by atoms with Crippen molar-refractivity contribution in [1.29, 1.82) is 0 Å². The number of hydrogen-bond donors (Lipinski definition) is 2. The minimum Gasteiger partial charge on any atom is -0.508 e. The molecule has 18 heavy (non-hydrogen) atoms. The summed E-state index contributed by atoms with van der Waals surface area (Å²) in [6, 6.07) is 5.40. The molecule has 100 valence electrons. The summed E-state index contributed by atoms with van der Waals surface area (Å²) in [7, 11) is 0. The summed E-state index contributed by atoms with van der Waals surface area (Å²) in [4.78, 5) is 0. The topological polar surface area (TPSA) is 50.7 Å². The monoisotopic (exact) mass is 315 g/mol. The highest BCUT2D eigenvalue weighted by Crippen LogP contribution is 2.23. The van der Waals surface area contributed by atoms with Crippen LogP contribution < -0.4 is 5.32 Å². The summed E-state index contributed by atoms with van der Waals surface area (Å²) in [5, 5.41) is 13.0. The maximum absolute atomic E-state index is 9.69. The molecule has 0 bridgehead atoms. The predicted molar refractivity (Wildman–Crippen MR) is 72.4 cm³/mol. The van der Waals surface area contributed by atoms with Crippen LogP contribution in [-0.4, -0.2) is 30.1 Å². The maximum Gasteiger partial charge on any atom is 0.163 e. The van der Waals surface area contributed by atoms with Crippen LogP contribution in [0, 0.1) is 0 Å². The van der Waals surface area contributed by atoms with Crippen LogP contribution in [0.15, 0.2) is 22.7 Å². The first-order valence-electron chi connectivity index (χ1n) is 5.96. The zero-order chi connectivity index (χ0) is 13.2. The van der Waals surface area contributed by atoms with Crippen LogP contribution in [-0.2, 0) is 16.0 Å². The summed E-state index contributed by atoms with van der Waals surface area (Å²) < 4.78 is 12.1. The number of rotatable bonds is 4. The lowest BCUT2D eigenvalue weighted by atomic mass is 10.2. The van der Waals surface area contributed by atoms with E-state index >= 15 is 0 Å². The van der Waals surface area contributed by atoms with Gasteiger partial charge in [-0.3, -0.25) is 0 Å². The van der Waals surface area contributed by atoms with E-state index in [1.165, 1.54) is 0 Å². The second kappa shape index (κ2) is 5.57. The van der Waals surface area contributed by atoms with Gasteiger partial charge in [-0.2, -0.15) is 0 Å². The molecule has 1 heterocycles. The number of hydrogen-bond acceptors (Lipinski definition) is 4. The molecule has 0 aromatic heterocycles. The lowest BCUT2D eigenvalue weighted by Gasteiger charge is -2.17. The SMILES string of the molecule is CC1(C)OCC(CNCc2cc(Br)ccc2O)O1. The molecule has 2 N–H and O–H groups in total. The van der Waals surface area contributed by atoms with Gasteiger partial charge in [0.1, 0.15) is 5.75 Å². The van der Waals surface area contributed by atoms with Crippen molar-refractivity contribution in [2.75, 3.05) is 13.2 Å². The molecule has 0 amide bonds. The Labute approximate surface area is 115 Å². The van der Waals surface area contributed by atoms with Crippen LogP contribution >= 0.6 is 15.9 Å². The van der Waals surface area contributed by atoms with E-state index in [1.54, 1.807) is 6.07 Å². The molecular weight excluding hydrogens is 298 g/mol. The Morgan fingerprint density at radius 1 is 1.50 bits per heavy atom. The van der Waals surface area contributed by atoms with E-state index in [-0.39, 0.29) is 6.10 Å². The highest BCUT2D eigenvalue weighted by Gasteiger charge is 2.32. The van der Waals surface area contributed by atoms with Gasteiger partial charge in [0, 0.05) is 23.1 Å². The van der Waals surface area contributed by atoms with Crippen LogP contribution in [0.2, 0.25) is 0 Å². The first-order chi connectivity index (χ1) is 8.46. The van der Waals surface area contributed by atoms with Gasteiger partial charge in [0.2, 0.25) is 0 Å². The standard InChI is InChI=1S/C13H18BrNO3/c1-13(2)17-8-11(18-13)7-15-6-9-5-10(14)3-4-12(9)16/h3-5,11,15-16H,6-8H2,1-2H3. The Hall–Kier alpha value is -0.620. The van der Waals surface area contributed by atoms with E-state index in [0.717, 1.165) is 10.0 Å². The molecule has 0 radical (unpaired) electrons. The van der Waals surface area contributed by atoms with Crippen LogP contribution in [0.3, 0.4) is 0 Å². The van der Waals surface area contributed by atoms with Crippen LogP contribution in [0.4, 0.5) is 0 Å². The van der Waals surface area contributed by atoms with Crippen molar-refractivity contribution in [2.45, 2.75) is 32.3 Å². The van der Waals surface area contributed by atoms with Crippen molar-refractivity contribution >= 4 is 15.9 Å². The Morgan fingerprint density at radius 2 is 2.28 bits per heavy atom. The van der Waals surface area contributed by atoms with Gasteiger partial charge in [0.15, 0.2) is 5.79 Å². The van der Waals surface area contributed by atoms with E-state index in [9.17, 15) is 5.11 Å². The molecule has 1 aromatic rings.